The van der Waals surface area contributed by atoms with Gasteiger partial charge in [-0.3, -0.25) is 4.79 Å². The number of aromatic carboxylic acids is 1. The van der Waals surface area contributed by atoms with E-state index in [2.05, 4.69) is 20.9 Å². The lowest BCUT2D eigenvalue weighted by Crippen LogP contribution is -2.44. The zero-order valence-corrected chi connectivity index (χ0v) is 11.7. The van der Waals surface area contributed by atoms with Gasteiger partial charge in [-0.2, -0.15) is 0 Å². The van der Waals surface area contributed by atoms with Crippen molar-refractivity contribution in [2.45, 2.75) is 31.8 Å². The Hall–Kier alpha value is -1.96. The minimum absolute atomic E-state index is 0.0305. The molecule has 3 unspecified atom stereocenters. The standard InChI is InChI=1S/C13H19N5O3/c19-12(11-9-3-1-2-8(9)6-15-11)14-4-5-18-7-10(13(20)21)16-17-18/h7-9,11,15H,1-6H2,(H,14,19)(H,20,21). The molecule has 0 aromatic carbocycles. The van der Waals surface area contributed by atoms with Crippen LogP contribution >= 0.6 is 0 Å². The van der Waals surface area contributed by atoms with Crippen LogP contribution < -0.4 is 10.6 Å². The number of carbonyl (C=O) groups is 2. The zero-order valence-electron chi connectivity index (χ0n) is 11.7. The lowest BCUT2D eigenvalue weighted by atomic mass is 9.94. The Labute approximate surface area is 121 Å². The largest absolute Gasteiger partial charge is 0.476 e. The number of nitrogens with one attached hydrogen (secondary N) is 2. The maximum Gasteiger partial charge on any atom is 0.358 e. The molecule has 1 amide bonds. The van der Waals surface area contributed by atoms with E-state index in [-0.39, 0.29) is 17.6 Å². The third-order valence-electron chi connectivity index (χ3n) is 4.43. The summed E-state index contributed by atoms with van der Waals surface area (Å²) < 4.78 is 1.42. The Bertz CT molecular complexity index is 544. The molecule has 1 aromatic heterocycles. The second kappa shape index (κ2) is 5.80. The Balaban J connectivity index is 1.46. The zero-order chi connectivity index (χ0) is 14.8. The van der Waals surface area contributed by atoms with Crippen LogP contribution in [0.15, 0.2) is 6.20 Å². The van der Waals surface area contributed by atoms with Gasteiger partial charge in [0, 0.05) is 6.54 Å². The van der Waals surface area contributed by atoms with Crippen LogP contribution in [0.3, 0.4) is 0 Å². The summed E-state index contributed by atoms with van der Waals surface area (Å²) >= 11 is 0. The van der Waals surface area contributed by atoms with E-state index >= 15 is 0 Å². The molecule has 1 aromatic rings. The maximum atomic E-state index is 12.2. The van der Waals surface area contributed by atoms with Crippen molar-refractivity contribution in [3.05, 3.63) is 11.9 Å². The molecule has 1 aliphatic heterocycles. The predicted octanol–water partition coefficient (Wildman–Crippen LogP) is -0.519. The first-order chi connectivity index (χ1) is 10.1. The molecule has 3 atom stereocenters. The number of rotatable bonds is 5. The van der Waals surface area contributed by atoms with Gasteiger partial charge >= 0.3 is 5.97 Å². The van der Waals surface area contributed by atoms with Crippen LogP contribution in [0.2, 0.25) is 0 Å². The van der Waals surface area contributed by atoms with Gasteiger partial charge in [-0.15, -0.1) is 5.10 Å². The number of hydrogen-bond donors (Lipinski definition) is 3. The summed E-state index contributed by atoms with van der Waals surface area (Å²) in [6, 6.07) is -0.0807. The Morgan fingerprint density at radius 3 is 3.10 bits per heavy atom. The molecule has 2 fully saturated rings. The first-order valence-electron chi connectivity index (χ1n) is 7.29. The third kappa shape index (κ3) is 2.90. The molecule has 21 heavy (non-hydrogen) atoms. The van der Waals surface area contributed by atoms with Crippen LogP contribution in [0, 0.1) is 11.8 Å². The first-order valence-corrected chi connectivity index (χ1v) is 7.29. The molecular weight excluding hydrogens is 274 g/mol. The van der Waals surface area contributed by atoms with E-state index in [1.165, 1.54) is 23.7 Å². The molecule has 114 valence electrons. The topological polar surface area (TPSA) is 109 Å². The van der Waals surface area contributed by atoms with Crippen LogP contribution in [-0.4, -0.2) is 51.1 Å². The number of hydrogen-bond acceptors (Lipinski definition) is 5. The molecule has 1 aliphatic carbocycles. The second-order valence-electron chi connectivity index (χ2n) is 5.70. The summed E-state index contributed by atoms with van der Waals surface area (Å²) in [7, 11) is 0. The highest BCUT2D eigenvalue weighted by Crippen LogP contribution is 2.37. The molecule has 1 saturated carbocycles. The highest BCUT2D eigenvalue weighted by molar-refractivity contribution is 5.84. The lowest BCUT2D eigenvalue weighted by molar-refractivity contribution is -0.123. The van der Waals surface area contributed by atoms with Gasteiger partial charge in [0.05, 0.1) is 18.8 Å². The van der Waals surface area contributed by atoms with Crippen LogP contribution in [0.25, 0.3) is 0 Å². The minimum atomic E-state index is -1.10. The van der Waals surface area contributed by atoms with Crippen molar-refractivity contribution in [3.63, 3.8) is 0 Å². The summed E-state index contributed by atoms with van der Waals surface area (Å²) in [6.07, 6.45) is 4.92. The Kier molecular flexibility index (Phi) is 3.87. The number of aromatic nitrogens is 3. The third-order valence-corrected chi connectivity index (χ3v) is 4.43. The normalized spacial score (nSPS) is 27.5. The van der Waals surface area contributed by atoms with E-state index in [4.69, 9.17) is 5.11 Å². The molecule has 0 bridgehead atoms. The van der Waals surface area contributed by atoms with Gasteiger partial charge in [0.25, 0.3) is 0 Å². The molecular formula is C13H19N5O3. The van der Waals surface area contributed by atoms with Crippen LogP contribution in [0.1, 0.15) is 29.8 Å². The van der Waals surface area contributed by atoms with Crippen molar-refractivity contribution in [1.82, 2.24) is 25.6 Å². The fourth-order valence-electron chi connectivity index (χ4n) is 3.38. The first kappa shape index (κ1) is 14.0. The molecule has 2 aliphatic rings. The number of carboxylic acids is 1. The quantitative estimate of drug-likeness (QED) is 0.674. The second-order valence-corrected chi connectivity index (χ2v) is 5.70. The summed E-state index contributed by atoms with van der Waals surface area (Å²) in [5, 5.41) is 22.2. The van der Waals surface area contributed by atoms with Gasteiger partial charge in [0.2, 0.25) is 5.91 Å². The van der Waals surface area contributed by atoms with Gasteiger partial charge in [0.1, 0.15) is 0 Å². The number of carboxylic acid groups (broad SMARTS) is 1. The predicted molar refractivity (Wildman–Crippen MR) is 72.6 cm³/mol. The number of nitrogens with zero attached hydrogens (tertiary/aromatic N) is 3. The fraction of sp³-hybridized carbons (Fsp3) is 0.692. The fourth-order valence-corrected chi connectivity index (χ4v) is 3.38. The van der Waals surface area contributed by atoms with E-state index in [1.54, 1.807) is 0 Å². The van der Waals surface area contributed by atoms with Gasteiger partial charge in [-0.25, -0.2) is 9.48 Å². The molecule has 8 nitrogen and oxygen atoms in total. The molecule has 1 saturated heterocycles. The van der Waals surface area contributed by atoms with E-state index in [9.17, 15) is 9.59 Å². The van der Waals surface area contributed by atoms with E-state index in [0.717, 1.165) is 13.0 Å². The molecule has 3 rings (SSSR count). The molecule has 8 heteroatoms. The average molecular weight is 293 g/mol. The van der Waals surface area contributed by atoms with E-state index in [1.807, 2.05) is 0 Å². The SMILES string of the molecule is O=C(O)c1cn(CCNC(=O)C2NCC3CCCC32)nn1. The van der Waals surface area contributed by atoms with Gasteiger partial charge in [-0.05, 0) is 31.2 Å². The monoisotopic (exact) mass is 293 g/mol. The summed E-state index contributed by atoms with van der Waals surface area (Å²) in [6.45, 7) is 1.76. The Morgan fingerprint density at radius 1 is 1.48 bits per heavy atom. The van der Waals surface area contributed by atoms with E-state index in [0.29, 0.717) is 24.9 Å². The molecule has 0 radical (unpaired) electrons. The summed E-state index contributed by atoms with van der Waals surface area (Å²) in [5.41, 5.74) is -0.0902. The highest BCUT2D eigenvalue weighted by atomic mass is 16.4. The summed E-state index contributed by atoms with van der Waals surface area (Å²) in [4.78, 5) is 22.9. The van der Waals surface area contributed by atoms with Crippen molar-refractivity contribution in [2.24, 2.45) is 11.8 Å². The minimum Gasteiger partial charge on any atom is -0.476 e. The highest BCUT2D eigenvalue weighted by Gasteiger charge is 2.42. The van der Waals surface area contributed by atoms with Crippen molar-refractivity contribution in [1.29, 1.82) is 0 Å². The lowest BCUT2D eigenvalue weighted by Gasteiger charge is -2.17. The summed E-state index contributed by atoms with van der Waals surface area (Å²) in [5.74, 6) is 0.0415. The molecule has 0 spiro atoms. The van der Waals surface area contributed by atoms with E-state index < -0.39 is 5.97 Å². The van der Waals surface area contributed by atoms with Crippen molar-refractivity contribution in [3.8, 4) is 0 Å². The maximum absolute atomic E-state index is 12.2. The van der Waals surface area contributed by atoms with Gasteiger partial charge in [-0.1, -0.05) is 11.6 Å². The van der Waals surface area contributed by atoms with Gasteiger partial charge in [0.15, 0.2) is 5.69 Å². The van der Waals surface area contributed by atoms with Crippen LogP contribution in [0.5, 0.6) is 0 Å². The smallest absolute Gasteiger partial charge is 0.358 e. The van der Waals surface area contributed by atoms with Crippen molar-refractivity contribution >= 4 is 11.9 Å². The van der Waals surface area contributed by atoms with Crippen LogP contribution in [0.4, 0.5) is 0 Å². The van der Waals surface area contributed by atoms with Crippen molar-refractivity contribution < 1.29 is 14.7 Å². The average Bonchev–Trinajstić information content (AvgIpc) is 3.14. The van der Waals surface area contributed by atoms with Crippen molar-refractivity contribution in [2.75, 3.05) is 13.1 Å². The Morgan fingerprint density at radius 2 is 2.33 bits per heavy atom. The van der Waals surface area contributed by atoms with Crippen LogP contribution in [-0.2, 0) is 11.3 Å². The number of fused-ring (bicyclic) bond motifs is 1. The molecule has 3 N–H and O–H groups in total. The number of carbonyl (C=O) groups excluding carboxylic acids is 1. The number of amides is 1. The van der Waals surface area contributed by atoms with Gasteiger partial charge < -0.3 is 15.7 Å². The molecule has 2 heterocycles.